The average molecular weight is 259 g/mol. The highest BCUT2D eigenvalue weighted by atomic mass is 16.5. The summed E-state index contributed by atoms with van der Waals surface area (Å²) in [6, 6.07) is 6.56. The third kappa shape index (κ3) is 3.58. The van der Waals surface area contributed by atoms with Crippen molar-refractivity contribution >= 4 is 0 Å². The molecule has 1 aromatic carbocycles. The number of H-pyrrole nitrogens is 1. The number of methoxy groups -OCH3 is 1. The van der Waals surface area contributed by atoms with Gasteiger partial charge in [0.15, 0.2) is 0 Å². The molecule has 0 amide bonds. The molecule has 0 fully saturated rings. The molecule has 19 heavy (non-hydrogen) atoms. The molecule has 0 aliphatic heterocycles. The molecule has 1 unspecified atom stereocenters. The fourth-order valence-corrected chi connectivity index (χ4v) is 2.13. The Balaban J connectivity index is 1.94. The molecule has 0 aliphatic rings. The second-order valence-electron chi connectivity index (χ2n) is 4.71. The summed E-state index contributed by atoms with van der Waals surface area (Å²) in [6.45, 7) is 5.10. The summed E-state index contributed by atoms with van der Waals surface area (Å²) >= 11 is 0. The minimum Gasteiger partial charge on any atom is -0.496 e. The quantitative estimate of drug-likeness (QED) is 0.838. The van der Waals surface area contributed by atoms with E-state index in [0.29, 0.717) is 0 Å². The van der Waals surface area contributed by atoms with Crippen LogP contribution in [-0.4, -0.2) is 23.6 Å². The summed E-state index contributed by atoms with van der Waals surface area (Å²) in [4.78, 5) is 7.32. The lowest BCUT2D eigenvalue weighted by Crippen LogP contribution is -2.22. The molecule has 0 radical (unpaired) electrons. The van der Waals surface area contributed by atoms with Gasteiger partial charge in [-0.2, -0.15) is 0 Å². The third-order valence-electron chi connectivity index (χ3n) is 3.22. The molecule has 0 saturated heterocycles. The van der Waals surface area contributed by atoms with Crippen molar-refractivity contribution in [3.63, 3.8) is 0 Å². The van der Waals surface area contributed by atoms with Crippen LogP contribution >= 0.6 is 0 Å². The van der Waals surface area contributed by atoms with E-state index in [0.717, 1.165) is 24.5 Å². The van der Waals surface area contributed by atoms with E-state index in [1.807, 2.05) is 6.20 Å². The number of hydrogen-bond donors (Lipinski definition) is 2. The first kappa shape index (κ1) is 13.6. The van der Waals surface area contributed by atoms with Gasteiger partial charge in [0.1, 0.15) is 11.6 Å². The highest BCUT2D eigenvalue weighted by Crippen LogP contribution is 2.25. The molecule has 102 valence electrons. The second kappa shape index (κ2) is 6.38. The fraction of sp³-hybridized carbons (Fsp3) is 0.400. The van der Waals surface area contributed by atoms with E-state index in [4.69, 9.17) is 4.74 Å². The van der Waals surface area contributed by atoms with Crippen LogP contribution < -0.4 is 10.1 Å². The van der Waals surface area contributed by atoms with Gasteiger partial charge in [-0.25, -0.2) is 4.98 Å². The van der Waals surface area contributed by atoms with Crippen LogP contribution in [-0.2, 0) is 6.42 Å². The first-order valence-corrected chi connectivity index (χ1v) is 6.57. The maximum Gasteiger partial charge on any atom is 0.123 e. The van der Waals surface area contributed by atoms with Crippen LogP contribution in [0.15, 0.2) is 30.6 Å². The Labute approximate surface area is 114 Å². The number of aromatic nitrogens is 2. The van der Waals surface area contributed by atoms with Crippen LogP contribution in [0.1, 0.15) is 29.9 Å². The van der Waals surface area contributed by atoms with Gasteiger partial charge in [0.2, 0.25) is 0 Å². The summed E-state index contributed by atoms with van der Waals surface area (Å²) in [5, 5.41) is 3.49. The van der Waals surface area contributed by atoms with Crippen molar-refractivity contribution in [1.82, 2.24) is 15.3 Å². The Morgan fingerprint density at radius 2 is 2.26 bits per heavy atom. The zero-order valence-corrected chi connectivity index (χ0v) is 11.7. The van der Waals surface area contributed by atoms with Gasteiger partial charge in [-0.05, 0) is 25.5 Å². The Morgan fingerprint density at radius 1 is 1.42 bits per heavy atom. The number of imidazole rings is 1. The molecule has 2 N–H and O–H groups in total. The number of nitrogens with zero attached hydrogens (tertiary/aromatic N) is 1. The SMILES string of the molecule is COc1cc(C)ccc1C(C)NCCc1ncc[nH]1. The van der Waals surface area contributed by atoms with Gasteiger partial charge in [-0.3, -0.25) is 0 Å². The van der Waals surface area contributed by atoms with Crippen LogP contribution in [0.25, 0.3) is 0 Å². The Bertz CT molecular complexity index is 508. The molecular weight excluding hydrogens is 238 g/mol. The van der Waals surface area contributed by atoms with Crippen LogP contribution in [0.3, 0.4) is 0 Å². The molecule has 0 saturated carbocycles. The molecule has 1 aromatic heterocycles. The van der Waals surface area contributed by atoms with Crippen molar-refractivity contribution in [2.75, 3.05) is 13.7 Å². The molecule has 4 nitrogen and oxygen atoms in total. The maximum atomic E-state index is 5.44. The van der Waals surface area contributed by atoms with Crippen LogP contribution in [0.5, 0.6) is 5.75 Å². The molecule has 4 heteroatoms. The summed E-state index contributed by atoms with van der Waals surface area (Å²) < 4.78 is 5.44. The number of aromatic amines is 1. The molecule has 2 rings (SSSR count). The van der Waals surface area contributed by atoms with Crippen molar-refractivity contribution in [3.05, 3.63) is 47.5 Å². The van der Waals surface area contributed by atoms with E-state index >= 15 is 0 Å². The van der Waals surface area contributed by atoms with Crippen molar-refractivity contribution in [2.45, 2.75) is 26.3 Å². The maximum absolute atomic E-state index is 5.44. The fourth-order valence-electron chi connectivity index (χ4n) is 2.13. The number of nitrogens with one attached hydrogen (secondary N) is 2. The van der Waals surface area contributed by atoms with Crippen LogP contribution in [0, 0.1) is 6.92 Å². The largest absolute Gasteiger partial charge is 0.496 e. The predicted octanol–water partition coefficient (Wildman–Crippen LogP) is 2.62. The summed E-state index contributed by atoms with van der Waals surface area (Å²) in [6.07, 6.45) is 4.52. The van der Waals surface area contributed by atoms with Gasteiger partial charge in [0, 0.05) is 37.0 Å². The van der Waals surface area contributed by atoms with Gasteiger partial charge in [0.05, 0.1) is 7.11 Å². The Hall–Kier alpha value is -1.81. The number of aryl methyl sites for hydroxylation is 1. The standard InChI is InChI=1S/C15H21N3O/c1-11-4-5-13(14(10-11)19-3)12(2)16-7-6-15-17-8-9-18-15/h4-5,8-10,12,16H,6-7H2,1-3H3,(H,17,18). The zero-order chi connectivity index (χ0) is 13.7. The van der Waals surface area contributed by atoms with Gasteiger partial charge < -0.3 is 15.0 Å². The smallest absolute Gasteiger partial charge is 0.123 e. The van der Waals surface area contributed by atoms with E-state index in [-0.39, 0.29) is 6.04 Å². The number of benzene rings is 1. The highest BCUT2D eigenvalue weighted by Gasteiger charge is 2.10. The summed E-state index contributed by atoms with van der Waals surface area (Å²) in [7, 11) is 1.72. The number of ether oxygens (including phenoxy) is 1. The van der Waals surface area contributed by atoms with Crippen molar-refractivity contribution in [2.24, 2.45) is 0 Å². The van der Waals surface area contributed by atoms with Gasteiger partial charge in [-0.1, -0.05) is 12.1 Å². The predicted molar refractivity (Wildman–Crippen MR) is 76.4 cm³/mol. The Kier molecular flexibility index (Phi) is 4.58. The first-order valence-electron chi connectivity index (χ1n) is 6.57. The van der Waals surface area contributed by atoms with Crippen LogP contribution in [0.2, 0.25) is 0 Å². The minimum absolute atomic E-state index is 0.255. The third-order valence-corrected chi connectivity index (χ3v) is 3.22. The highest BCUT2D eigenvalue weighted by molar-refractivity contribution is 5.39. The summed E-state index contributed by atoms with van der Waals surface area (Å²) in [5.74, 6) is 1.95. The normalized spacial score (nSPS) is 12.4. The van der Waals surface area contributed by atoms with E-state index in [2.05, 4.69) is 47.3 Å². The van der Waals surface area contributed by atoms with E-state index < -0.39 is 0 Å². The molecule has 0 spiro atoms. The zero-order valence-electron chi connectivity index (χ0n) is 11.7. The number of rotatable bonds is 6. The minimum atomic E-state index is 0.255. The molecule has 2 aromatic rings. The lowest BCUT2D eigenvalue weighted by atomic mass is 10.0. The molecular formula is C15H21N3O. The monoisotopic (exact) mass is 259 g/mol. The first-order chi connectivity index (χ1) is 9.20. The second-order valence-corrected chi connectivity index (χ2v) is 4.71. The molecule has 0 bridgehead atoms. The summed E-state index contributed by atoms with van der Waals surface area (Å²) in [5.41, 5.74) is 2.40. The Morgan fingerprint density at radius 3 is 2.95 bits per heavy atom. The van der Waals surface area contributed by atoms with Crippen molar-refractivity contribution < 1.29 is 4.74 Å². The van der Waals surface area contributed by atoms with Crippen molar-refractivity contribution in [3.8, 4) is 5.75 Å². The van der Waals surface area contributed by atoms with Gasteiger partial charge >= 0.3 is 0 Å². The lowest BCUT2D eigenvalue weighted by molar-refractivity contribution is 0.401. The van der Waals surface area contributed by atoms with E-state index in [9.17, 15) is 0 Å². The molecule has 1 atom stereocenters. The van der Waals surface area contributed by atoms with Gasteiger partial charge in [-0.15, -0.1) is 0 Å². The lowest BCUT2D eigenvalue weighted by Gasteiger charge is -2.17. The molecule has 1 heterocycles. The van der Waals surface area contributed by atoms with Crippen LogP contribution in [0.4, 0.5) is 0 Å². The van der Waals surface area contributed by atoms with Crippen molar-refractivity contribution in [1.29, 1.82) is 0 Å². The number of hydrogen-bond acceptors (Lipinski definition) is 3. The topological polar surface area (TPSA) is 49.9 Å². The van der Waals surface area contributed by atoms with E-state index in [1.54, 1.807) is 13.3 Å². The van der Waals surface area contributed by atoms with Gasteiger partial charge in [0.25, 0.3) is 0 Å². The molecule has 0 aliphatic carbocycles. The van der Waals surface area contributed by atoms with E-state index in [1.165, 1.54) is 11.1 Å². The average Bonchev–Trinajstić information content (AvgIpc) is 2.91.